The van der Waals surface area contributed by atoms with Crippen molar-refractivity contribution in [2.45, 2.75) is 0 Å². The van der Waals surface area contributed by atoms with Gasteiger partial charge in [0.25, 0.3) is 0 Å². The fourth-order valence-electron chi connectivity index (χ4n) is 1.48. The fourth-order valence-corrected chi connectivity index (χ4v) is 1.99. The van der Waals surface area contributed by atoms with Crippen LogP contribution in [0.15, 0.2) is 12.1 Å². The molecule has 0 aliphatic carbocycles. The van der Waals surface area contributed by atoms with Crippen LogP contribution in [0.1, 0.15) is 10.4 Å². The monoisotopic (exact) mass is 289 g/mol. The summed E-state index contributed by atoms with van der Waals surface area (Å²) in [5, 5.41) is 9.15. The Hall–Kier alpha value is -1.96. The van der Waals surface area contributed by atoms with Crippen LogP contribution in [-0.4, -0.2) is 47.0 Å². The lowest BCUT2D eigenvalue weighted by molar-refractivity contribution is 0.0697. The van der Waals surface area contributed by atoms with Crippen LogP contribution in [-0.2, 0) is 10.0 Å². The van der Waals surface area contributed by atoms with E-state index in [4.69, 9.17) is 14.6 Å². The molecule has 0 unspecified atom stereocenters. The van der Waals surface area contributed by atoms with Gasteiger partial charge in [0.15, 0.2) is 11.5 Å². The molecule has 0 saturated heterocycles. The predicted molar refractivity (Wildman–Crippen MR) is 69.8 cm³/mol. The van der Waals surface area contributed by atoms with Gasteiger partial charge in [-0.2, -0.15) is 0 Å². The Labute approximate surface area is 111 Å². The minimum absolute atomic E-state index is 0.00708. The Kier molecular flexibility index (Phi) is 4.25. The maximum atomic E-state index is 11.5. The number of anilines is 1. The van der Waals surface area contributed by atoms with Crippen LogP contribution < -0.4 is 13.8 Å². The normalized spacial score (nSPS) is 10.9. The number of carbonyl (C=O) groups is 1. The highest BCUT2D eigenvalue weighted by atomic mass is 32.2. The van der Waals surface area contributed by atoms with Crippen LogP contribution in [0.4, 0.5) is 5.69 Å². The smallest absolute Gasteiger partial charge is 0.337 e. The molecule has 1 aromatic carbocycles. The molecule has 0 bridgehead atoms. The highest BCUT2D eigenvalue weighted by Gasteiger charge is 2.22. The van der Waals surface area contributed by atoms with E-state index in [9.17, 15) is 13.2 Å². The second-order valence-electron chi connectivity index (χ2n) is 3.76. The molecular formula is C11H15NO6S. The van der Waals surface area contributed by atoms with Crippen LogP contribution >= 0.6 is 0 Å². The molecule has 0 aliphatic heterocycles. The molecule has 106 valence electrons. The Morgan fingerprint density at radius 2 is 1.68 bits per heavy atom. The highest BCUT2D eigenvalue weighted by molar-refractivity contribution is 7.92. The number of ether oxygens (including phenoxy) is 2. The molecule has 0 saturated carbocycles. The maximum absolute atomic E-state index is 11.5. The minimum atomic E-state index is -3.58. The van der Waals surface area contributed by atoms with Crippen LogP contribution in [0.25, 0.3) is 0 Å². The van der Waals surface area contributed by atoms with Crippen molar-refractivity contribution in [3.05, 3.63) is 17.7 Å². The van der Waals surface area contributed by atoms with Crippen LogP contribution in [0.5, 0.6) is 11.5 Å². The van der Waals surface area contributed by atoms with E-state index in [0.717, 1.165) is 10.6 Å². The molecule has 1 N–H and O–H groups in total. The summed E-state index contributed by atoms with van der Waals surface area (Å²) in [5.41, 5.74) is -0.182. The van der Waals surface area contributed by atoms with Crippen molar-refractivity contribution in [2.24, 2.45) is 0 Å². The summed E-state index contributed by atoms with van der Waals surface area (Å²) in [4.78, 5) is 11.2. The van der Waals surface area contributed by atoms with Gasteiger partial charge < -0.3 is 14.6 Å². The summed E-state index contributed by atoms with van der Waals surface area (Å²) in [6, 6.07) is 2.53. The number of nitrogens with zero attached hydrogens (tertiary/aromatic N) is 1. The Bertz CT molecular complexity index is 595. The first-order valence-electron chi connectivity index (χ1n) is 5.15. The lowest BCUT2D eigenvalue weighted by Crippen LogP contribution is -2.26. The zero-order valence-corrected chi connectivity index (χ0v) is 11.8. The first-order valence-corrected chi connectivity index (χ1v) is 7.00. The number of sulfonamides is 1. The summed E-state index contributed by atoms with van der Waals surface area (Å²) < 4.78 is 33.9. The molecule has 0 aliphatic rings. The third kappa shape index (κ3) is 3.08. The van der Waals surface area contributed by atoms with E-state index in [2.05, 4.69) is 0 Å². The third-order valence-electron chi connectivity index (χ3n) is 2.57. The van der Waals surface area contributed by atoms with Gasteiger partial charge in [0.05, 0.1) is 31.7 Å². The molecule has 0 atom stereocenters. The molecular weight excluding hydrogens is 274 g/mol. The van der Waals surface area contributed by atoms with Crippen molar-refractivity contribution < 1.29 is 27.8 Å². The second-order valence-corrected chi connectivity index (χ2v) is 5.77. The number of rotatable bonds is 5. The quantitative estimate of drug-likeness (QED) is 0.861. The number of carboxylic acids is 1. The third-order valence-corrected chi connectivity index (χ3v) is 3.76. The van der Waals surface area contributed by atoms with Crippen LogP contribution in [0.2, 0.25) is 0 Å². The number of hydrogen-bond acceptors (Lipinski definition) is 5. The van der Waals surface area contributed by atoms with E-state index in [1.165, 1.54) is 33.4 Å². The summed E-state index contributed by atoms with van der Waals surface area (Å²) in [6.07, 6.45) is 0.981. The van der Waals surface area contributed by atoms with Gasteiger partial charge in [0.1, 0.15) is 0 Å². The average Bonchev–Trinajstić information content (AvgIpc) is 2.34. The molecule has 19 heavy (non-hydrogen) atoms. The van der Waals surface area contributed by atoms with Gasteiger partial charge in [0.2, 0.25) is 10.0 Å². The molecule has 0 radical (unpaired) electrons. The van der Waals surface area contributed by atoms with Crippen molar-refractivity contribution >= 4 is 21.7 Å². The van der Waals surface area contributed by atoms with Gasteiger partial charge in [-0.25, -0.2) is 13.2 Å². The topological polar surface area (TPSA) is 93.1 Å². The number of aromatic carboxylic acids is 1. The Morgan fingerprint density at radius 3 is 2.05 bits per heavy atom. The molecule has 8 heteroatoms. The van der Waals surface area contributed by atoms with E-state index in [0.29, 0.717) is 0 Å². The second kappa shape index (κ2) is 5.35. The van der Waals surface area contributed by atoms with E-state index >= 15 is 0 Å². The largest absolute Gasteiger partial charge is 0.493 e. The van der Waals surface area contributed by atoms with Gasteiger partial charge in [-0.05, 0) is 0 Å². The number of benzene rings is 1. The molecule has 0 heterocycles. The van der Waals surface area contributed by atoms with Crippen LogP contribution in [0, 0.1) is 0 Å². The van der Waals surface area contributed by atoms with Crippen LogP contribution in [0.3, 0.4) is 0 Å². The van der Waals surface area contributed by atoms with E-state index in [-0.39, 0.29) is 22.7 Å². The Balaban J connectivity index is 3.57. The van der Waals surface area contributed by atoms with E-state index in [1.54, 1.807) is 0 Å². The number of hydrogen-bond donors (Lipinski definition) is 1. The number of carboxylic acid groups (broad SMARTS) is 1. The first kappa shape index (κ1) is 15.1. The van der Waals surface area contributed by atoms with E-state index < -0.39 is 16.0 Å². The molecule has 1 rings (SSSR count). The van der Waals surface area contributed by atoms with Crippen molar-refractivity contribution in [3.8, 4) is 11.5 Å². The summed E-state index contributed by atoms with van der Waals surface area (Å²) >= 11 is 0. The average molecular weight is 289 g/mol. The van der Waals surface area contributed by atoms with Crippen molar-refractivity contribution in [1.29, 1.82) is 0 Å². The minimum Gasteiger partial charge on any atom is -0.493 e. The molecule has 7 nitrogen and oxygen atoms in total. The first-order chi connectivity index (χ1) is 8.72. The lowest BCUT2D eigenvalue weighted by Gasteiger charge is -2.20. The standard InChI is InChI=1S/C11H15NO6S/c1-12(19(4,15)16)8-6-10(18-3)9(17-2)5-7(8)11(13)14/h5-6H,1-4H3,(H,13,14). The zero-order chi connectivity index (χ0) is 14.8. The molecule has 0 fully saturated rings. The summed E-state index contributed by atoms with van der Waals surface area (Å²) in [6.45, 7) is 0. The van der Waals surface area contributed by atoms with Crippen molar-refractivity contribution in [3.63, 3.8) is 0 Å². The SMILES string of the molecule is COc1cc(C(=O)O)c(N(C)S(C)(=O)=O)cc1OC. The molecule has 0 amide bonds. The zero-order valence-electron chi connectivity index (χ0n) is 11.0. The van der Waals surface area contributed by atoms with Gasteiger partial charge in [0, 0.05) is 19.2 Å². The van der Waals surface area contributed by atoms with Crippen molar-refractivity contribution in [1.82, 2.24) is 0 Å². The van der Waals surface area contributed by atoms with Gasteiger partial charge >= 0.3 is 5.97 Å². The van der Waals surface area contributed by atoms with Gasteiger partial charge in [-0.15, -0.1) is 0 Å². The Morgan fingerprint density at radius 1 is 1.21 bits per heavy atom. The highest BCUT2D eigenvalue weighted by Crippen LogP contribution is 2.35. The molecule has 1 aromatic rings. The summed E-state index contributed by atoms with van der Waals surface area (Å²) in [7, 11) is 0.426. The van der Waals surface area contributed by atoms with Gasteiger partial charge in [-0.3, -0.25) is 4.31 Å². The number of methoxy groups -OCH3 is 2. The van der Waals surface area contributed by atoms with Gasteiger partial charge in [-0.1, -0.05) is 0 Å². The van der Waals surface area contributed by atoms with Crippen molar-refractivity contribution in [2.75, 3.05) is 31.8 Å². The fraction of sp³-hybridized carbons (Fsp3) is 0.364. The summed E-state index contributed by atoms with van der Waals surface area (Å²) in [5.74, 6) is -0.796. The predicted octanol–water partition coefficient (Wildman–Crippen LogP) is 0.798. The molecule has 0 aromatic heterocycles. The maximum Gasteiger partial charge on any atom is 0.337 e. The molecule has 0 spiro atoms. The lowest BCUT2D eigenvalue weighted by atomic mass is 10.1. The van der Waals surface area contributed by atoms with E-state index in [1.807, 2.05) is 0 Å².